The van der Waals surface area contributed by atoms with Crippen molar-refractivity contribution in [2.45, 2.75) is 22.6 Å². The molecule has 0 aliphatic carbocycles. The maximum absolute atomic E-state index is 13.5. The number of anilines is 2. The monoisotopic (exact) mass is 938 g/mol. The maximum atomic E-state index is 13.5. The van der Waals surface area contributed by atoms with E-state index in [1.54, 1.807) is 18.2 Å². The van der Waals surface area contributed by atoms with E-state index in [1.165, 1.54) is 85.9 Å². The Morgan fingerprint density at radius 2 is 1.03 bits per heavy atom. The molecule has 10 nitrogen and oxygen atoms in total. The van der Waals surface area contributed by atoms with Crippen molar-refractivity contribution in [2.75, 3.05) is 62.2 Å². The molecule has 2 aliphatic rings. The molecule has 0 saturated carbocycles. The minimum atomic E-state index is -3.73. The number of benzene rings is 4. The van der Waals surface area contributed by atoms with Crippen LogP contribution < -0.4 is 9.80 Å². The highest BCUT2D eigenvalue weighted by molar-refractivity contribution is 7.89. The number of aromatic nitrogens is 2. The lowest BCUT2D eigenvalue weighted by Crippen LogP contribution is -2.48. The summed E-state index contributed by atoms with van der Waals surface area (Å²) in [6.07, 6.45) is 0.992. The van der Waals surface area contributed by atoms with Gasteiger partial charge in [-0.05, 0) is 77.9 Å². The van der Waals surface area contributed by atoms with Crippen LogP contribution in [0.3, 0.4) is 0 Å². The molecule has 60 heavy (non-hydrogen) atoms. The lowest BCUT2D eigenvalue weighted by Gasteiger charge is -2.33. The van der Waals surface area contributed by atoms with Crippen molar-refractivity contribution >= 4 is 76.2 Å². The van der Waals surface area contributed by atoms with Gasteiger partial charge < -0.3 is 9.80 Å². The van der Waals surface area contributed by atoms with Gasteiger partial charge in [-0.25, -0.2) is 44.4 Å². The standard InChI is InChI=1S/2C20H18ClF2N3O2S2/c21-15-8-14(9-17(23)11-15)10-18-13-29-20(24-18)25-4-6-26(7-5-25)30(27,28)19-3-1-2-16(22)12-19;21-18-11-14(4-5-19(18)23)10-16-13-29-20(24-16)25-6-8-26(9-7-25)30(27,28)17-3-1-2-15(22)12-17/h1-3,8-9,11-13H,4-7,10H2;1-5,11-13H,6-10H2. The third kappa shape index (κ3) is 10.7. The van der Waals surface area contributed by atoms with Gasteiger partial charge in [0, 0.05) is 81.0 Å². The molecule has 0 unspecified atom stereocenters. The van der Waals surface area contributed by atoms with Crippen LogP contribution in [0.25, 0.3) is 0 Å². The summed E-state index contributed by atoms with van der Waals surface area (Å²) < 4.78 is 107. The van der Waals surface area contributed by atoms with Gasteiger partial charge in [-0.15, -0.1) is 22.7 Å². The molecule has 8 rings (SSSR count). The Morgan fingerprint density at radius 3 is 1.48 bits per heavy atom. The lowest BCUT2D eigenvalue weighted by molar-refractivity contribution is 0.384. The Morgan fingerprint density at radius 1 is 0.550 bits per heavy atom. The van der Waals surface area contributed by atoms with E-state index in [0.717, 1.165) is 44.9 Å². The second kappa shape index (κ2) is 18.9. The van der Waals surface area contributed by atoms with E-state index in [9.17, 15) is 34.4 Å². The molecule has 6 aromatic rings. The topological polar surface area (TPSA) is 107 Å². The first-order chi connectivity index (χ1) is 28.6. The average Bonchev–Trinajstić information content (AvgIpc) is 3.89. The minimum absolute atomic E-state index is 0.0366. The summed E-state index contributed by atoms with van der Waals surface area (Å²) in [5.41, 5.74) is 3.24. The second-order valence-corrected chi connectivity index (χ2v) is 20.2. The molecular formula is C40H36Cl2F4N6O4S4. The zero-order valence-corrected chi connectivity index (χ0v) is 36.3. The zero-order chi connectivity index (χ0) is 42.6. The van der Waals surface area contributed by atoms with Gasteiger partial charge in [0.15, 0.2) is 10.3 Å². The van der Waals surface area contributed by atoms with Crippen LogP contribution in [0.4, 0.5) is 27.8 Å². The van der Waals surface area contributed by atoms with Crippen LogP contribution in [0.1, 0.15) is 22.5 Å². The first-order valence-corrected chi connectivity index (χ1v) is 23.8. The normalized spacial score (nSPS) is 15.5. The molecule has 0 bridgehead atoms. The van der Waals surface area contributed by atoms with E-state index in [4.69, 9.17) is 23.2 Å². The van der Waals surface area contributed by atoms with Crippen LogP contribution >= 0.6 is 45.9 Å². The summed E-state index contributed by atoms with van der Waals surface area (Å²) in [6, 6.07) is 19.1. The highest BCUT2D eigenvalue weighted by Gasteiger charge is 2.31. The van der Waals surface area contributed by atoms with Crippen molar-refractivity contribution in [3.8, 4) is 0 Å². The van der Waals surface area contributed by atoms with Gasteiger partial charge in [0.05, 0.1) is 26.2 Å². The number of sulfonamides is 2. The number of hydrogen-bond donors (Lipinski definition) is 0. The molecule has 0 radical (unpaired) electrons. The summed E-state index contributed by atoms with van der Waals surface area (Å²) in [5.74, 6) is -1.99. The van der Waals surface area contributed by atoms with Gasteiger partial charge in [-0.2, -0.15) is 8.61 Å². The van der Waals surface area contributed by atoms with E-state index >= 15 is 0 Å². The number of hydrogen-bond acceptors (Lipinski definition) is 10. The Labute approximate surface area is 363 Å². The van der Waals surface area contributed by atoms with E-state index in [0.29, 0.717) is 57.1 Å². The third-order valence-corrected chi connectivity index (χ3v) is 15.8. The summed E-state index contributed by atoms with van der Waals surface area (Å²) in [7, 11) is -7.46. The quantitative estimate of drug-likeness (QED) is 0.126. The number of rotatable bonds is 10. The van der Waals surface area contributed by atoms with Gasteiger partial charge in [0.25, 0.3) is 0 Å². The molecule has 2 aliphatic heterocycles. The van der Waals surface area contributed by atoms with Gasteiger partial charge >= 0.3 is 0 Å². The van der Waals surface area contributed by atoms with Gasteiger partial charge in [0.1, 0.15) is 23.3 Å². The van der Waals surface area contributed by atoms with Crippen LogP contribution in [-0.2, 0) is 32.9 Å². The third-order valence-electron chi connectivity index (χ3n) is 9.64. The predicted octanol–water partition coefficient (Wildman–Crippen LogP) is 8.35. The fourth-order valence-corrected chi connectivity index (χ4v) is 11.7. The molecule has 20 heteroatoms. The van der Waals surface area contributed by atoms with Crippen molar-refractivity contribution < 1.29 is 34.4 Å². The molecule has 0 atom stereocenters. The Hall–Kier alpha value is -4.14. The molecule has 4 heterocycles. The lowest BCUT2D eigenvalue weighted by atomic mass is 10.1. The van der Waals surface area contributed by atoms with E-state index in [-0.39, 0.29) is 33.7 Å². The molecule has 0 N–H and O–H groups in total. The maximum Gasteiger partial charge on any atom is 0.243 e. The molecule has 4 aromatic carbocycles. The molecule has 316 valence electrons. The molecule has 2 aromatic heterocycles. The highest BCUT2D eigenvalue weighted by atomic mass is 35.5. The minimum Gasteiger partial charge on any atom is -0.345 e. The number of nitrogens with zero attached hydrogens (tertiary/aromatic N) is 6. The fourth-order valence-electron chi connectivity index (χ4n) is 6.62. The van der Waals surface area contributed by atoms with Crippen LogP contribution in [-0.4, -0.2) is 87.8 Å². The van der Waals surface area contributed by atoms with Crippen molar-refractivity contribution in [3.05, 3.63) is 152 Å². The van der Waals surface area contributed by atoms with Crippen LogP contribution in [0.2, 0.25) is 10.0 Å². The molecular weight excluding hydrogens is 904 g/mol. The van der Waals surface area contributed by atoms with Crippen molar-refractivity contribution in [3.63, 3.8) is 0 Å². The van der Waals surface area contributed by atoms with E-state index in [2.05, 4.69) is 9.97 Å². The molecule has 0 amide bonds. The molecule has 2 fully saturated rings. The van der Waals surface area contributed by atoms with Crippen LogP contribution in [0, 0.1) is 23.3 Å². The largest absolute Gasteiger partial charge is 0.345 e. The zero-order valence-electron chi connectivity index (χ0n) is 31.5. The Kier molecular flexibility index (Phi) is 13.8. The number of halogens is 6. The number of thiazole rings is 2. The molecule has 0 spiro atoms. The van der Waals surface area contributed by atoms with E-state index < -0.39 is 37.5 Å². The predicted molar refractivity (Wildman–Crippen MR) is 227 cm³/mol. The van der Waals surface area contributed by atoms with Crippen molar-refractivity contribution in [1.29, 1.82) is 0 Å². The van der Waals surface area contributed by atoms with Crippen LogP contribution in [0.5, 0.6) is 0 Å². The smallest absolute Gasteiger partial charge is 0.243 e. The number of piperazine rings is 2. The second-order valence-electron chi connectivity index (χ2n) is 13.8. The average molecular weight is 940 g/mol. The summed E-state index contributed by atoms with van der Waals surface area (Å²) in [6.45, 7) is 3.09. The van der Waals surface area contributed by atoms with Gasteiger partial charge in [-0.3, -0.25) is 0 Å². The fraction of sp³-hybridized carbons (Fsp3) is 0.250. The molecule has 2 saturated heterocycles. The van der Waals surface area contributed by atoms with Crippen molar-refractivity contribution in [2.24, 2.45) is 0 Å². The summed E-state index contributed by atoms with van der Waals surface area (Å²) >= 11 is 14.7. The van der Waals surface area contributed by atoms with Crippen LogP contribution in [0.15, 0.2) is 105 Å². The summed E-state index contributed by atoms with van der Waals surface area (Å²) in [4.78, 5) is 13.2. The van der Waals surface area contributed by atoms with E-state index in [1.807, 2.05) is 20.6 Å². The van der Waals surface area contributed by atoms with Gasteiger partial charge in [-0.1, -0.05) is 41.4 Å². The van der Waals surface area contributed by atoms with Crippen molar-refractivity contribution in [1.82, 2.24) is 18.6 Å². The summed E-state index contributed by atoms with van der Waals surface area (Å²) in [5, 5.41) is 5.86. The Bertz CT molecular complexity index is 2670. The SMILES string of the molecule is O=S(=O)(c1cccc(F)c1)N1CCN(c2nc(Cc3cc(F)cc(Cl)c3)cs2)CC1.O=S(=O)(c1cccc(F)c1)N1CCN(c2nc(Cc3ccc(F)c(Cl)c3)cs2)CC1. The van der Waals surface area contributed by atoms with Gasteiger partial charge in [0.2, 0.25) is 20.0 Å². The highest BCUT2D eigenvalue weighted by Crippen LogP contribution is 2.28. The first kappa shape index (κ1) is 43.9. The first-order valence-electron chi connectivity index (χ1n) is 18.4. The Balaban J connectivity index is 0.000000181.